The topological polar surface area (TPSA) is 113 Å². The van der Waals surface area contributed by atoms with Crippen LogP contribution < -0.4 is 11.1 Å². The Kier molecular flexibility index (Phi) is 2.77. The largest absolute Gasteiger partial charge is 0.388 e. The van der Waals surface area contributed by atoms with Crippen LogP contribution in [0.5, 0.6) is 0 Å². The molecule has 0 amide bonds. The highest BCUT2D eigenvalue weighted by atomic mass is 16.3. The van der Waals surface area contributed by atoms with Gasteiger partial charge < -0.3 is 16.2 Å². The lowest BCUT2D eigenvalue weighted by molar-refractivity contribution is 0.164. The molecule has 0 aliphatic heterocycles. The summed E-state index contributed by atoms with van der Waals surface area (Å²) in [4.78, 5) is 8.55. The average Bonchev–Trinajstić information content (AvgIpc) is 3.02. The lowest BCUT2D eigenvalue weighted by atomic mass is 10.1. The maximum Gasteiger partial charge on any atom is 0.222 e. The van der Waals surface area contributed by atoms with Gasteiger partial charge in [-0.3, -0.25) is 5.10 Å². The summed E-state index contributed by atoms with van der Waals surface area (Å²) in [5.41, 5.74) is 7.86. The molecule has 0 radical (unpaired) electrons. The van der Waals surface area contributed by atoms with E-state index in [1.807, 2.05) is 24.3 Å². The van der Waals surface area contributed by atoms with Crippen molar-refractivity contribution in [2.75, 3.05) is 17.6 Å². The molecule has 1 aromatic carbocycles. The van der Waals surface area contributed by atoms with Gasteiger partial charge in [-0.25, -0.2) is 4.98 Å². The van der Waals surface area contributed by atoms with Crippen LogP contribution in [0.15, 0.2) is 30.5 Å². The molecule has 5 N–H and O–H groups in total. The summed E-state index contributed by atoms with van der Waals surface area (Å²) in [6.07, 6.45) is 3.35. The first kappa shape index (κ1) is 13.0. The van der Waals surface area contributed by atoms with E-state index >= 15 is 0 Å². The van der Waals surface area contributed by atoms with Gasteiger partial charge in [-0.05, 0) is 31.0 Å². The van der Waals surface area contributed by atoms with Crippen molar-refractivity contribution in [3.63, 3.8) is 0 Å². The Balaban J connectivity index is 1.74. The molecule has 4 rings (SSSR count). The highest BCUT2D eigenvalue weighted by Gasteiger charge is 2.40. The molecule has 7 nitrogen and oxygen atoms in total. The molecule has 2 aromatic heterocycles. The van der Waals surface area contributed by atoms with Crippen molar-refractivity contribution in [1.82, 2.24) is 20.2 Å². The third-order valence-corrected chi connectivity index (χ3v) is 3.94. The molecule has 0 spiro atoms. The van der Waals surface area contributed by atoms with Gasteiger partial charge in [0.15, 0.2) is 0 Å². The number of aliphatic hydroxyl groups is 1. The van der Waals surface area contributed by atoms with Crippen molar-refractivity contribution in [3.8, 4) is 11.3 Å². The molecule has 3 aromatic rings. The third kappa shape index (κ3) is 2.35. The normalized spacial score (nSPS) is 15.9. The van der Waals surface area contributed by atoms with Crippen LogP contribution in [-0.2, 0) is 0 Å². The quantitative estimate of drug-likeness (QED) is 0.581. The number of nitrogen functional groups attached to an aromatic ring is 1. The zero-order valence-electron chi connectivity index (χ0n) is 11.9. The van der Waals surface area contributed by atoms with E-state index in [1.165, 1.54) is 0 Å². The lowest BCUT2D eigenvalue weighted by Crippen LogP contribution is -2.21. The van der Waals surface area contributed by atoms with Gasteiger partial charge in [0.2, 0.25) is 5.95 Å². The van der Waals surface area contributed by atoms with Gasteiger partial charge in [0, 0.05) is 23.7 Å². The molecule has 1 fully saturated rings. The Morgan fingerprint density at radius 1 is 1.27 bits per heavy atom. The Hall–Kier alpha value is -2.67. The number of rotatable bonds is 4. The smallest absolute Gasteiger partial charge is 0.222 e. The van der Waals surface area contributed by atoms with Crippen molar-refractivity contribution in [1.29, 1.82) is 0 Å². The van der Waals surface area contributed by atoms with E-state index < -0.39 is 5.60 Å². The van der Waals surface area contributed by atoms with Gasteiger partial charge in [0.25, 0.3) is 0 Å². The number of aromatic nitrogens is 4. The van der Waals surface area contributed by atoms with Crippen LogP contribution in [0.25, 0.3) is 22.2 Å². The first-order valence-corrected chi connectivity index (χ1v) is 7.16. The van der Waals surface area contributed by atoms with E-state index in [2.05, 4.69) is 25.5 Å². The summed E-state index contributed by atoms with van der Waals surface area (Å²) in [5, 5.41) is 20.9. The second-order valence-corrected chi connectivity index (χ2v) is 5.71. The van der Waals surface area contributed by atoms with Gasteiger partial charge in [-0.1, -0.05) is 6.07 Å². The number of nitrogens with two attached hydrogens (primary N) is 1. The Morgan fingerprint density at radius 3 is 2.86 bits per heavy atom. The summed E-state index contributed by atoms with van der Waals surface area (Å²) in [5.74, 6) is 0.860. The van der Waals surface area contributed by atoms with Crippen molar-refractivity contribution >= 4 is 22.7 Å². The molecule has 0 saturated heterocycles. The third-order valence-electron chi connectivity index (χ3n) is 3.94. The van der Waals surface area contributed by atoms with Crippen molar-refractivity contribution < 1.29 is 5.11 Å². The monoisotopic (exact) mass is 296 g/mol. The maximum atomic E-state index is 9.95. The SMILES string of the molecule is Nc1nc(NCC2(O)CC2)c2ccc(-c3ccn[nH]3)cc2n1. The fraction of sp³-hybridized carbons (Fsp3) is 0.267. The maximum absolute atomic E-state index is 9.95. The number of H-pyrrole nitrogens is 1. The summed E-state index contributed by atoms with van der Waals surface area (Å²) >= 11 is 0. The number of nitrogens with one attached hydrogen (secondary N) is 2. The molecule has 1 aliphatic carbocycles. The fourth-order valence-electron chi connectivity index (χ4n) is 2.44. The van der Waals surface area contributed by atoms with E-state index in [-0.39, 0.29) is 5.95 Å². The summed E-state index contributed by atoms with van der Waals surface area (Å²) < 4.78 is 0. The van der Waals surface area contributed by atoms with Crippen LogP contribution in [0.4, 0.5) is 11.8 Å². The standard InChI is InChI=1S/C15H16N6O/c16-14-19-12-7-9(11-3-6-18-21-11)1-2-10(12)13(20-14)17-8-15(22)4-5-15/h1-3,6-7,22H,4-5,8H2,(H,18,21)(H3,16,17,19,20). The highest BCUT2D eigenvalue weighted by molar-refractivity contribution is 5.92. The molecule has 112 valence electrons. The van der Waals surface area contributed by atoms with Crippen LogP contribution in [0.1, 0.15) is 12.8 Å². The number of benzene rings is 1. The van der Waals surface area contributed by atoms with E-state index in [4.69, 9.17) is 5.73 Å². The van der Waals surface area contributed by atoms with Crippen molar-refractivity contribution in [3.05, 3.63) is 30.5 Å². The van der Waals surface area contributed by atoms with Crippen molar-refractivity contribution in [2.24, 2.45) is 0 Å². The molecular formula is C15H16N6O. The minimum atomic E-state index is -0.595. The predicted octanol–water partition coefficient (Wildman–Crippen LogP) is 1.54. The lowest BCUT2D eigenvalue weighted by Gasteiger charge is -2.13. The number of hydrogen-bond acceptors (Lipinski definition) is 6. The molecule has 0 bridgehead atoms. The van der Waals surface area contributed by atoms with Gasteiger partial charge in [-0.15, -0.1) is 0 Å². The Labute approximate surface area is 126 Å². The van der Waals surface area contributed by atoms with Crippen LogP contribution in [0.3, 0.4) is 0 Å². The number of fused-ring (bicyclic) bond motifs is 1. The van der Waals surface area contributed by atoms with Crippen LogP contribution in [-0.4, -0.2) is 37.4 Å². The van der Waals surface area contributed by atoms with Crippen LogP contribution >= 0.6 is 0 Å². The van der Waals surface area contributed by atoms with Gasteiger partial charge in [0.05, 0.1) is 16.8 Å². The molecular weight excluding hydrogens is 280 g/mol. The number of aromatic amines is 1. The molecule has 1 saturated carbocycles. The molecule has 1 aliphatic rings. The van der Waals surface area contributed by atoms with Crippen LogP contribution in [0.2, 0.25) is 0 Å². The second kappa shape index (κ2) is 4.67. The minimum Gasteiger partial charge on any atom is -0.388 e. The number of hydrogen-bond donors (Lipinski definition) is 4. The summed E-state index contributed by atoms with van der Waals surface area (Å²) in [6, 6.07) is 7.77. The first-order valence-electron chi connectivity index (χ1n) is 7.16. The zero-order chi connectivity index (χ0) is 15.2. The Morgan fingerprint density at radius 2 is 2.14 bits per heavy atom. The molecule has 22 heavy (non-hydrogen) atoms. The molecule has 7 heteroatoms. The summed E-state index contributed by atoms with van der Waals surface area (Å²) in [7, 11) is 0. The van der Waals surface area contributed by atoms with Crippen LogP contribution in [0, 0.1) is 0 Å². The predicted molar refractivity (Wildman–Crippen MR) is 84.2 cm³/mol. The molecule has 0 unspecified atom stereocenters. The zero-order valence-corrected chi connectivity index (χ0v) is 11.9. The van der Waals surface area contributed by atoms with Gasteiger partial charge in [0.1, 0.15) is 5.82 Å². The average molecular weight is 296 g/mol. The Bertz CT molecular complexity index is 825. The summed E-state index contributed by atoms with van der Waals surface area (Å²) in [6.45, 7) is 0.473. The second-order valence-electron chi connectivity index (χ2n) is 5.71. The van der Waals surface area contributed by atoms with E-state index in [1.54, 1.807) is 6.20 Å². The highest BCUT2D eigenvalue weighted by Crippen LogP contribution is 2.35. The number of anilines is 2. The van der Waals surface area contributed by atoms with E-state index in [0.717, 1.165) is 35.0 Å². The number of nitrogens with zero attached hydrogens (tertiary/aromatic N) is 3. The molecule has 2 heterocycles. The van der Waals surface area contributed by atoms with Crippen molar-refractivity contribution in [2.45, 2.75) is 18.4 Å². The van der Waals surface area contributed by atoms with Gasteiger partial charge in [-0.2, -0.15) is 10.1 Å². The fourth-order valence-corrected chi connectivity index (χ4v) is 2.44. The van der Waals surface area contributed by atoms with E-state index in [0.29, 0.717) is 12.4 Å². The molecule has 0 atom stereocenters. The first-order chi connectivity index (χ1) is 10.6. The van der Waals surface area contributed by atoms with Gasteiger partial charge >= 0.3 is 0 Å². The van der Waals surface area contributed by atoms with E-state index in [9.17, 15) is 5.11 Å². The minimum absolute atomic E-state index is 0.208.